The number of halogens is 1. The van der Waals surface area contributed by atoms with E-state index in [9.17, 15) is 9.18 Å². The molecule has 3 nitrogen and oxygen atoms in total. The number of benzene rings is 1. The van der Waals surface area contributed by atoms with Crippen LogP contribution in [0, 0.1) is 5.82 Å². The second-order valence-electron chi connectivity index (χ2n) is 3.94. The molecule has 1 aliphatic rings. The number of amides is 1. The first-order valence-electron chi connectivity index (χ1n) is 5.49. The fourth-order valence-corrected chi connectivity index (χ4v) is 1.83. The molecule has 0 aliphatic carbocycles. The first-order valence-corrected chi connectivity index (χ1v) is 5.49. The van der Waals surface area contributed by atoms with Gasteiger partial charge in [0.1, 0.15) is 5.82 Å². The third-order valence-electron chi connectivity index (χ3n) is 2.73. The lowest BCUT2D eigenvalue weighted by Gasteiger charge is -2.20. The maximum atomic E-state index is 13.4. The molecule has 4 heteroatoms. The highest BCUT2D eigenvalue weighted by atomic mass is 19.1. The molecule has 1 aliphatic heterocycles. The number of rotatable bonds is 2. The summed E-state index contributed by atoms with van der Waals surface area (Å²) in [5.41, 5.74) is 0.581. The number of nitrogens with one attached hydrogen (secondary N) is 1. The molecule has 1 aromatic carbocycles. The highest BCUT2D eigenvalue weighted by Gasteiger charge is 2.17. The van der Waals surface area contributed by atoms with Gasteiger partial charge in [-0.1, -0.05) is 18.2 Å². The molecule has 1 aromatic rings. The van der Waals surface area contributed by atoms with Crippen molar-refractivity contribution in [2.45, 2.75) is 13.0 Å². The number of hydrogen-bond donors (Lipinski definition) is 1. The average molecular weight is 222 g/mol. The molecule has 86 valence electrons. The van der Waals surface area contributed by atoms with Gasteiger partial charge in [0, 0.05) is 18.7 Å². The van der Waals surface area contributed by atoms with Crippen LogP contribution in [0.25, 0.3) is 0 Å². The van der Waals surface area contributed by atoms with E-state index >= 15 is 0 Å². The maximum Gasteiger partial charge on any atom is 0.236 e. The van der Waals surface area contributed by atoms with Crippen LogP contribution in [0.3, 0.4) is 0 Å². The van der Waals surface area contributed by atoms with Crippen molar-refractivity contribution in [3.05, 3.63) is 35.6 Å². The zero-order chi connectivity index (χ0) is 11.4. The standard InChI is InChI=1S/C12H15FN2O/c13-11-5-2-1-4-10(11)9-15-7-3-6-14-8-12(15)16/h1-2,4-5,14H,3,6-9H2. The van der Waals surface area contributed by atoms with Gasteiger partial charge < -0.3 is 10.2 Å². The van der Waals surface area contributed by atoms with E-state index in [4.69, 9.17) is 0 Å². The van der Waals surface area contributed by atoms with Crippen molar-refractivity contribution in [3.8, 4) is 0 Å². The Hall–Kier alpha value is -1.42. The SMILES string of the molecule is O=C1CNCCCN1Cc1ccccc1F. The summed E-state index contributed by atoms with van der Waals surface area (Å²) in [5, 5.41) is 3.04. The second kappa shape index (κ2) is 5.07. The Morgan fingerprint density at radius 3 is 3.00 bits per heavy atom. The van der Waals surface area contributed by atoms with Crippen LogP contribution >= 0.6 is 0 Å². The molecule has 2 rings (SSSR count). The van der Waals surface area contributed by atoms with Crippen molar-refractivity contribution >= 4 is 5.91 Å². The zero-order valence-electron chi connectivity index (χ0n) is 9.08. The fraction of sp³-hybridized carbons (Fsp3) is 0.417. The number of carbonyl (C=O) groups is 1. The summed E-state index contributed by atoms with van der Waals surface area (Å²) >= 11 is 0. The molecule has 0 unspecified atom stereocenters. The third kappa shape index (κ3) is 2.58. The Morgan fingerprint density at radius 2 is 2.19 bits per heavy atom. The van der Waals surface area contributed by atoms with Crippen LogP contribution in [0.5, 0.6) is 0 Å². The minimum absolute atomic E-state index is 0.0424. The predicted molar refractivity (Wildman–Crippen MR) is 59.3 cm³/mol. The first-order chi connectivity index (χ1) is 7.77. The van der Waals surface area contributed by atoms with Crippen LogP contribution in [-0.4, -0.2) is 30.4 Å². The minimum Gasteiger partial charge on any atom is -0.337 e. The summed E-state index contributed by atoms with van der Waals surface area (Å²) in [5.74, 6) is -0.201. The second-order valence-corrected chi connectivity index (χ2v) is 3.94. The topological polar surface area (TPSA) is 32.3 Å². The van der Waals surface area contributed by atoms with Gasteiger partial charge in [0.25, 0.3) is 0 Å². The molecule has 1 N–H and O–H groups in total. The number of carbonyl (C=O) groups excluding carboxylic acids is 1. The minimum atomic E-state index is -0.243. The third-order valence-corrected chi connectivity index (χ3v) is 2.73. The van der Waals surface area contributed by atoms with Gasteiger partial charge in [-0.2, -0.15) is 0 Å². The van der Waals surface area contributed by atoms with Crippen molar-refractivity contribution in [1.29, 1.82) is 0 Å². The molecule has 1 fully saturated rings. The van der Waals surface area contributed by atoms with Crippen molar-refractivity contribution in [3.63, 3.8) is 0 Å². The summed E-state index contributed by atoms with van der Waals surface area (Å²) in [4.78, 5) is 13.4. The highest BCUT2D eigenvalue weighted by molar-refractivity contribution is 5.78. The molecule has 0 atom stereocenters. The van der Waals surface area contributed by atoms with Crippen molar-refractivity contribution in [2.75, 3.05) is 19.6 Å². The van der Waals surface area contributed by atoms with E-state index in [-0.39, 0.29) is 11.7 Å². The molecule has 16 heavy (non-hydrogen) atoms. The van der Waals surface area contributed by atoms with Gasteiger partial charge >= 0.3 is 0 Å². The summed E-state index contributed by atoms with van der Waals surface area (Å²) in [7, 11) is 0. The molecule has 1 heterocycles. The lowest BCUT2D eigenvalue weighted by atomic mass is 10.2. The van der Waals surface area contributed by atoms with Gasteiger partial charge in [0.2, 0.25) is 5.91 Å². The van der Waals surface area contributed by atoms with Crippen LogP contribution in [0.1, 0.15) is 12.0 Å². The van der Waals surface area contributed by atoms with E-state index < -0.39 is 0 Å². The maximum absolute atomic E-state index is 13.4. The van der Waals surface area contributed by atoms with Gasteiger partial charge in [-0.3, -0.25) is 4.79 Å². The van der Waals surface area contributed by atoms with Gasteiger partial charge in [-0.05, 0) is 19.0 Å². The van der Waals surface area contributed by atoms with Gasteiger partial charge in [0.05, 0.1) is 6.54 Å². The summed E-state index contributed by atoms with van der Waals surface area (Å²) < 4.78 is 13.4. The molecule has 1 amide bonds. The summed E-state index contributed by atoms with van der Waals surface area (Å²) in [6.07, 6.45) is 0.917. The van der Waals surface area contributed by atoms with Gasteiger partial charge in [0.15, 0.2) is 0 Å². The Bertz CT molecular complexity index is 381. The Labute approximate surface area is 94.3 Å². The van der Waals surface area contributed by atoms with Crippen molar-refractivity contribution < 1.29 is 9.18 Å². The lowest BCUT2D eigenvalue weighted by Crippen LogP contribution is -2.34. The molecule has 0 aromatic heterocycles. The van der Waals surface area contributed by atoms with Crippen LogP contribution in [0.15, 0.2) is 24.3 Å². The van der Waals surface area contributed by atoms with Crippen molar-refractivity contribution in [2.24, 2.45) is 0 Å². The number of hydrogen-bond acceptors (Lipinski definition) is 2. The fourth-order valence-electron chi connectivity index (χ4n) is 1.83. The van der Waals surface area contributed by atoms with Crippen LogP contribution in [0.2, 0.25) is 0 Å². The molecule has 0 spiro atoms. The van der Waals surface area contributed by atoms with E-state index in [1.165, 1.54) is 6.07 Å². The van der Waals surface area contributed by atoms with Crippen LogP contribution < -0.4 is 5.32 Å². The van der Waals surface area contributed by atoms with Crippen LogP contribution in [-0.2, 0) is 11.3 Å². The Kier molecular flexibility index (Phi) is 3.51. The Balaban J connectivity index is 2.08. The largest absolute Gasteiger partial charge is 0.337 e. The average Bonchev–Trinajstić information content (AvgIpc) is 2.48. The first kappa shape index (κ1) is 11.1. The van der Waals surface area contributed by atoms with Crippen molar-refractivity contribution in [1.82, 2.24) is 10.2 Å². The summed E-state index contributed by atoms with van der Waals surface area (Å²) in [6.45, 7) is 2.27. The van der Waals surface area contributed by atoms with Crippen LogP contribution in [0.4, 0.5) is 4.39 Å². The lowest BCUT2D eigenvalue weighted by molar-refractivity contribution is -0.130. The van der Waals surface area contributed by atoms with E-state index in [1.807, 2.05) is 0 Å². The molecular weight excluding hydrogens is 207 g/mol. The molecular formula is C12H15FN2O. The normalized spacial score (nSPS) is 17.3. The highest BCUT2D eigenvalue weighted by Crippen LogP contribution is 2.11. The predicted octanol–water partition coefficient (Wildman–Crippen LogP) is 1.15. The molecule has 0 radical (unpaired) electrons. The smallest absolute Gasteiger partial charge is 0.236 e. The molecule has 1 saturated heterocycles. The zero-order valence-corrected chi connectivity index (χ0v) is 9.08. The molecule has 0 bridgehead atoms. The summed E-state index contributed by atoms with van der Waals surface area (Å²) in [6, 6.07) is 6.60. The quantitative estimate of drug-likeness (QED) is 0.814. The van der Waals surface area contributed by atoms with Gasteiger partial charge in [-0.25, -0.2) is 4.39 Å². The van der Waals surface area contributed by atoms with E-state index in [0.717, 1.165) is 13.0 Å². The number of nitrogens with zero attached hydrogens (tertiary/aromatic N) is 1. The monoisotopic (exact) mass is 222 g/mol. The van der Waals surface area contributed by atoms with E-state index in [1.54, 1.807) is 23.1 Å². The van der Waals surface area contributed by atoms with Gasteiger partial charge in [-0.15, -0.1) is 0 Å². The Morgan fingerprint density at radius 1 is 1.38 bits per heavy atom. The van der Waals surface area contributed by atoms with E-state index in [0.29, 0.717) is 25.2 Å². The van der Waals surface area contributed by atoms with E-state index in [2.05, 4.69) is 5.32 Å². The molecule has 0 saturated carbocycles.